The highest BCUT2D eigenvalue weighted by Crippen LogP contribution is 2.32. The smallest absolute Gasteiger partial charge is 0.227 e. The van der Waals surface area contributed by atoms with Crippen molar-refractivity contribution in [2.24, 2.45) is 5.92 Å². The predicted octanol–water partition coefficient (Wildman–Crippen LogP) is 5.25. The maximum Gasteiger partial charge on any atom is 0.227 e. The van der Waals surface area contributed by atoms with Crippen LogP contribution in [0.2, 0.25) is 5.02 Å². The summed E-state index contributed by atoms with van der Waals surface area (Å²) in [5, 5.41) is 3.86. The number of carbonyl (C=O) groups is 1. The van der Waals surface area contributed by atoms with Gasteiger partial charge in [-0.3, -0.25) is 4.79 Å². The fourth-order valence-electron chi connectivity index (χ4n) is 3.31. The average Bonchev–Trinajstić information content (AvgIpc) is 3.08. The van der Waals surface area contributed by atoms with Crippen LogP contribution in [0.1, 0.15) is 18.4 Å². The number of rotatable bonds is 3. The van der Waals surface area contributed by atoms with E-state index in [0.717, 1.165) is 36.6 Å². The Balaban J connectivity index is 1.38. The van der Waals surface area contributed by atoms with E-state index >= 15 is 0 Å². The van der Waals surface area contributed by atoms with Crippen LogP contribution < -0.4 is 10.2 Å². The lowest BCUT2D eigenvalue weighted by atomic mass is 9.96. The molecule has 0 radical (unpaired) electrons. The molecule has 0 bridgehead atoms. The number of aryl methyl sites for hydroxylation is 1. The number of aromatic nitrogens is 1. The summed E-state index contributed by atoms with van der Waals surface area (Å²) in [7, 11) is 0. The van der Waals surface area contributed by atoms with Crippen molar-refractivity contribution < 1.29 is 9.18 Å². The second-order valence-corrected chi connectivity index (χ2v) is 8.26. The zero-order valence-corrected chi connectivity index (χ0v) is 16.4. The maximum absolute atomic E-state index is 13.2. The number of carbonyl (C=O) groups excluding carboxylic acids is 1. The van der Waals surface area contributed by atoms with Gasteiger partial charge in [0.25, 0.3) is 0 Å². The van der Waals surface area contributed by atoms with E-state index in [2.05, 4.69) is 35.3 Å². The Morgan fingerprint density at radius 3 is 2.78 bits per heavy atom. The van der Waals surface area contributed by atoms with E-state index in [1.807, 2.05) is 0 Å². The van der Waals surface area contributed by atoms with Gasteiger partial charge in [-0.1, -0.05) is 29.0 Å². The highest BCUT2D eigenvalue weighted by molar-refractivity contribution is 7.22. The number of benzene rings is 2. The fraction of sp³-hybridized carbons (Fsp3) is 0.300. The Bertz CT molecular complexity index is 998. The minimum Gasteiger partial charge on any atom is -0.348 e. The highest BCUT2D eigenvalue weighted by atomic mass is 35.5. The number of nitrogens with zero attached hydrogens (tertiary/aromatic N) is 2. The van der Waals surface area contributed by atoms with E-state index in [1.54, 1.807) is 11.3 Å². The van der Waals surface area contributed by atoms with Crippen LogP contribution in [0.4, 0.5) is 15.2 Å². The standard InChI is InChI=1S/C20H19ClFN3OS/c1-12-2-5-17-18(10-12)27-20(24-17)25-8-6-13(7-9-25)19(26)23-14-3-4-16(22)15(21)11-14/h2-5,10-11,13H,6-9H2,1H3,(H,23,26). The fourth-order valence-corrected chi connectivity index (χ4v) is 4.60. The van der Waals surface area contributed by atoms with Crippen LogP contribution >= 0.6 is 22.9 Å². The number of anilines is 2. The van der Waals surface area contributed by atoms with Gasteiger partial charge in [-0.25, -0.2) is 9.37 Å². The van der Waals surface area contributed by atoms with Crippen molar-refractivity contribution in [1.29, 1.82) is 0 Å². The van der Waals surface area contributed by atoms with Crippen molar-refractivity contribution in [3.8, 4) is 0 Å². The molecule has 0 aliphatic carbocycles. The first-order valence-corrected chi connectivity index (χ1v) is 10.1. The Hall–Kier alpha value is -2.18. The van der Waals surface area contributed by atoms with Gasteiger partial charge < -0.3 is 10.2 Å². The van der Waals surface area contributed by atoms with E-state index in [9.17, 15) is 9.18 Å². The van der Waals surface area contributed by atoms with Crippen molar-refractivity contribution in [3.63, 3.8) is 0 Å². The number of thiazole rings is 1. The summed E-state index contributed by atoms with van der Waals surface area (Å²) < 4.78 is 14.4. The molecule has 1 N–H and O–H groups in total. The molecular formula is C20H19ClFN3OS. The minimum absolute atomic E-state index is 0.00805. The molecule has 0 unspecified atom stereocenters. The molecule has 0 atom stereocenters. The Kier molecular flexibility index (Phi) is 5.02. The van der Waals surface area contributed by atoms with Gasteiger partial charge in [0.05, 0.1) is 15.2 Å². The normalized spacial score (nSPS) is 15.3. The van der Waals surface area contributed by atoms with Crippen molar-refractivity contribution in [2.45, 2.75) is 19.8 Å². The van der Waals surface area contributed by atoms with Crippen molar-refractivity contribution in [2.75, 3.05) is 23.3 Å². The topological polar surface area (TPSA) is 45.2 Å². The molecule has 140 valence electrons. The van der Waals surface area contributed by atoms with E-state index in [0.29, 0.717) is 5.69 Å². The summed E-state index contributed by atoms with van der Waals surface area (Å²) in [4.78, 5) is 19.5. The lowest BCUT2D eigenvalue weighted by Gasteiger charge is -2.31. The molecule has 2 aromatic carbocycles. The Morgan fingerprint density at radius 2 is 2.04 bits per heavy atom. The molecule has 1 fully saturated rings. The predicted molar refractivity (Wildman–Crippen MR) is 109 cm³/mol. The summed E-state index contributed by atoms with van der Waals surface area (Å²) in [6.07, 6.45) is 1.52. The van der Waals surface area contributed by atoms with Crippen LogP contribution in [-0.2, 0) is 4.79 Å². The second-order valence-electron chi connectivity index (χ2n) is 6.85. The molecule has 1 amide bonds. The number of fused-ring (bicyclic) bond motifs is 1. The molecule has 1 aromatic heterocycles. The maximum atomic E-state index is 13.2. The summed E-state index contributed by atoms with van der Waals surface area (Å²) >= 11 is 7.47. The first kappa shape index (κ1) is 18.2. The summed E-state index contributed by atoms with van der Waals surface area (Å²) in [6, 6.07) is 10.5. The number of amides is 1. The van der Waals surface area contributed by atoms with Gasteiger partial charge in [-0.2, -0.15) is 0 Å². The molecule has 27 heavy (non-hydrogen) atoms. The summed E-state index contributed by atoms with van der Waals surface area (Å²) in [5.74, 6) is -0.604. The molecule has 3 aromatic rings. The third-order valence-corrected chi connectivity index (χ3v) is 6.22. The Morgan fingerprint density at radius 1 is 1.26 bits per heavy atom. The molecule has 1 saturated heterocycles. The average molecular weight is 404 g/mol. The van der Waals surface area contributed by atoms with Crippen LogP contribution in [0.25, 0.3) is 10.2 Å². The van der Waals surface area contributed by atoms with Crippen LogP contribution in [0.5, 0.6) is 0 Å². The number of hydrogen-bond acceptors (Lipinski definition) is 4. The largest absolute Gasteiger partial charge is 0.348 e. The van der Waals surface area contributed by atoms with Crippen LogP contribution in [-0.4, -0.2) is 24.0 Å². The molecule has 2 heterocycles. The zero-order valence-electron chi connectivity index (χ0n) is 14.8. The van der Waals surface area contributed by atoms with Crippen LogP contribution in [0, 0.1) is 18.7 Å². The van der Waals surface area contributed by atoms with E-state index < -0.39 is 5.82 Å². The monoisotopic (exact) mass is 403 g/mol. The van der Waals surface area contributed by atoms with E-state index in [4.69, 9.17) is 16.6 Å². The van der Waals surface area contributed by atoms with Crippen molar-refractivity contribution in [3.05, 3.63) is 52.8 Å². The number of nitrogens with one attached hydrogen (secondary N) is 1. The first-order valence-electron chi connectivity index (χ1n) is 8.87. The Labute approximate surface area is 166 Å². The van der Waals surface area contributed by atoms with Crippen molar-refractivity contribution in [1.82, 2.24) is 4.98 Å². The molecule has 1 aliphatic rings. The number of hydrogen-bond donors (Lipinski definition) is 1. The molecule has 0 spiro atoms. The zero-order chi connectivity index (χ0) is 19.0. The van der Waals surface area contributed by atoms with Gasteiger partial charge in [0, 0.05) is 24.7 Å². The second kappa shape index (κ2) is 7.44. The van der Waals surface area contributed by atoms with Gasteiger partial charge >= 0.3 is 0 Å². The molecule has 0 saturated carbocycles. The SMILES string of the molecule is Cc1ccc2nc(N3CCC(C(=O)Nc4ccc(F)c(Cl)c4)CC3)sc2c1. The van der Waals surface area contributed by atoms with Gasteiger partial charge in [0.15, 0.2) is 5.13 Å². The van der Waals surface area contributed by atoms with Gasteiger partial charge in [-0.05, 0) is 55.7 Å². The number of piperidine rings is 1. The van der Waals surface area contributed by atoms with Crippen LogP contribution in [0.15, 0.2) is 36.4 Å². The summed E-state index contributed by atoms with van der Waals surface area (Å²) in [6.45, 7) is 3.67. The highest BCUT2D eigenvalue weighted by Gasteiger charge is 2.26. The number of halogens is 2. The molecule has 4 rings (SSSR count). The summed E-state index contributed by atoms with van der Waals surface area (Å²) in [5.41, 5.74) is 2.78. The lowest BCUT2D eigenvalue weighted by molar-refractivity contribution is -0.120. The molecular weight excluding hydrogens is 385 g/mol. The van der Waals surface area contributed by atoms with E-state index in [-0.39, 0.29) is 16.8 Å². The van der Waals surface area contributed by atoms with Gasteiger partial charge in [0.1, 0.15) is 5.82 Å². The van der Waals surface area contributed by atoms with E-state index in [1.165, 1.54) is 28.5 Å². The van der Waals surface area contributed by atoms with Crippen molar-refractivity contribution >= 4 is 49.9 Å². The first-order chi connectivity index (χ1) is 13.0. The third kappa shape index (κ3) is 3.92. The quantitative estimate of drug-likeness (QED) is 0.649. The van der Waals surface area contributed by atoms with Gasteiger partial charge in [0.2, 0.25) is 5.91 Å². The van der Waals surface area contributed by atoms with Gasteiger partial charge in [-0.15, -0.1) is 0 Å². The van der Waals surface area contributed by atoms with Crippen LogP contribution in [0.3, 0.4) is 0 Å². The third-order valence-electron chi connectivity index (χ3n) is 4.86. The molecule has 7 heteroatoms. The molecule has 1 aliphatic heterocycles. The lowest BCUT2D eigenvalue weighted by Crippen LogP contribution is -2.38. The molecule has 4 nitrogen and oxygen atoms in total. The minimum atomic E-state index is -0.492.